The Bertz CT molecular complexity index is 1450. The highest BCUT2D eigenvalue weighted by atomic mass is 35.5. The van der Waals surface area contributed by atoms with Crippen molar-refractivity contribution in [1.29, 1.82) is 0 Å². The van der Waals surface area contributed by atoms with Gasteiger partial charge in [0.2, 0.25) is 0 Å². The summed E-state index contributed by atoms with van der Waals surface area (Å²) < 4.78 is 6.28. The monoisotopic (exact) mass is 536 g/mol. The third-order valence-electron chi connectivity index (χ3n) is 6.51. The number of rotatable bonds is 6. The predicted molar refractivity (Wildman–Crippen MR) is 152 cm³/mol. The highest BCUT2D eigenvalue weighted by Crippen LogP contribution is 2.37. The number of aryl methyl sites for hydroxylation is 2. The van der Waals surface area contributed by atoms with Gasteiger partial charge in [-0.15, -0.1) is 0 Å². The first-order valence-electron chi connectivity index (χ1n) is 12.7. The molecule has 37 heavy (non-hydrogen) atoms. The average Bonchev–Trinajstić information content (AvgIpc) is 3.13. The van der Waals surface area contributed by atoms with Gasteiger partial charge in [0, 0.05) is 29.4 Å². The normalized spacial score (nSPS) is 13.8. The molecular weight excluding hydrogens is 504 g/mol. The van der Waals surface area contributed by atoms with Crippen molar-refractivity contribution < 1.29 is 4.74 Å². The van der Waals surface area contributed by atoms with E-state index in [0.717, 1.165) is 67.0 Å². The van der Waals surface area contributed by atoms with Gasteiger partial charge >= 0.3 is 0 Å². The van der Waals surface area contributed by atoms with Crippen molar-refractivity contribution in [2.75, 3.05) is 32.1 Å². The fraction of sp³-hybridized carbons (Fsp3) is 0.429. The number of benzene rings is 1. The lowest BCUT2D eigenvalue weighted by Crippen LogP contribution is -2.29. The Kier molecular flexibility index (Phi) is 7.34. The lowest BCUT2D eigenvalue weighted by molar-refractivity contribution is 0.329. The second kappa shape index (κ2) is 10.5. The molecule has 0 saturated carbocycles. The smallest absolute Gasteiger partial charge is 0.146 e. The number of hydrogen-bond donors (Lipinski definition) is 0. The Morgan fingerprint density at radius 2 is 1.95 bits per heavy atom. The Balaban J connectivity index is 1.56. The van der Waals surface area contributed by atoms with Crippen molar-refractivity contribution in [3.63, 3.8) is 0 Å². The number of pyridine rings is 1. The Morgan fingerprint density at radius 3 is 2.68 bits per heavy atom. The summed E-state index contributed by atoms with van der Waals surface area (Å²) in [4.78, 5) is 24.4. The van der Waals surface area contributed by atoms with E-state index in [9.17, 15) is 0 Å². The molecule has 0 unspecified atom stereocenters. The van der Waals surface area contributed by atoms with Crippen LogP contribution in [0.15, 0.2) is 24.4 Å². The van der Waals surface area contributed by atoms with Crippen LogP contribution in [0.25, 0.3) is 21.5 Å². The summed E-state index contributed by atoms with van der Waals surface area (Å²) in [7, 11) is 4.02. The van der Waals surface area contributed by atoms with Crippen LogP contribution in [0.2, 0.25) is 5.15 Å². The van der Waals surface area contributed by atoms with Crippen LogP contribution in [0, 0.1) is 6.92 Å². The first-order valence-corrected chi connectivity index (χ1v) is 13.9. The molecule has 0 radical (unpaired) electrons. The summed E-state index contributed by atoms with van der Waals surface area (Å²) in [6, 6.07) is 6.54. The molecule has 0 N–H and O–H groups in total. The minimum Gasteiger partial charge on any atom is -0.491 e. The van der Waals surface area contributed by atoms with Crippen molar-refractivity contribution in [2.45, 2.75) is 53.1 Å². The Hall–Kier alpha value is -2.81. The van der Waals surface area contributed by atoms with E-state index in [-0.39, 0.29) is 5.92 Å². The predicted octanol–water partition coefficient (Wildman–Crippen LogP) is 6.26. The van der Waals surface area contributed by atoms with E-state index in [4.69, 9.17) is 31.3 Å². The van der Waals surface area contributed by atoms with Gasteiger partial charge < -0.3 is 14.5 Å². The van der Waals surface area contributed by atoms with Crippen LogP contribution in [0.3, 0.4) is 0 Å². The van der Waals surface area contributed by atoms with Crippen molar-refractivity contribution in [2.24, 2.45) is 0 Å². The number of nitrogens with zero attached hydrogens (tertiary/aromatic N) is 6. The fourth-order valence-electron chi connectivity index (χ4n) is 4.80. The first kappa shape index (κ1) is 25.8. The van der Waals surface area contributed by atoms with Gasteiger partial charge in [0.1, 0.15) is 39.5 Å². The van der Waals surface area contributed by atoms with Gasteiger partial charge in [-0.1, -0.05) is 43.7 Å². The van der Waals surface area contributed by atoms with E-state index in [1.807, 2.05) is 20.3 Å². The fourth-order valence-corrected chi connectivity index (χ4v) is 6.03. The number of ether oxygens (including phenoxy) is 1. The number of hydrogen-bond acceptors (Lipinski definition) is 8. The van der Waals surface area contributed by atoms with Crippen molar-refractivity contribution in [1.82, 2.24) is 24.8 Å². The van der Waals surface area contributed by atoms with Crippen LogP contribution >= 0.6 is 22.9 Å². The van der Waals surface area contributed by atoms with Crippen molar-refractivity contribution in [3.8, 4) is 16.9 Å². The van der Waals surface area contributed by atoms with Crippen molar-refractivity contribution >= 4 is 39.1 Å². The van der Waals surface area contributed by atoms with Gasteiger partial charge in [-0.05, 0) is 62.7 Å². The third kappa shape index (κ3) is 5.28. The van der Waals surface area contributed by atoms with Crippen molar-refractivity contribution in [3.05, 3.63) is 57.1 Å². The Morgan fingerprint density at radius 1 is 1.14 bits per heavy atom. The summed E-state index contributed by atoms with van der Waals surface area (Å²) in [5, 5.41) is 1.64. The van der Waals surface area contributed by atoms with Gasteiger partial charge in [-0.3, -0.25) is 0 Å². The van der Waals surface area contributed by atoms with E-state index in [1.165, 1.54) is 0 Å². The first-order chi connectivity index (χ1) is 17.7. The van der Waals surface area contributed by atoms with E-state index < -0.39 is 0 Å². The molecule has 1 aromatic carbocycles. The highest BCUT2D eigenvalue weighted by molar-refractivity contribution is 7.18. The molecule has 0 saturated heterocycles. The minimum absolute atomic E-state index is 0.191. The van der Waals surface area contributed by atoms with Gasteiger partial charge in [-0.2, -0.15) is 0 Å². The van der Waals surface area contributed by atoms with Crippen LogP contribution in [-0.4, -0.2) is 52.1 Å². The second-order valence-electron chi connectivity index (χ2n) is 10.1. The maximum absolute atomic E-state index is 6.72. The zero-order valence-corrected chi connectivity index (χ0v) is 23.9. The molecule has 0 amide bonds. The maximum Gasteiger partial charge on any atom is 0.146 e. The Labute approximate surface area is 227 Å². The van der Waals surface area contributed by atoms with Crippen LogP contribution in [-0.2, 0) is 19.5 Å². The van der Waals surface area contributed by atoms with Crippen LogP contribution in [0.4, 0.5) is 5.82 Å². The highest BCUT2D eigenvalue weighted by Gasteiger charge is 2.25. The molecular formula is C28H33ClN6OS. The topological polar surface area (TPSA) is 67.3 Å². The number of aromatic nitrogens is 4. The van der Waals surface area contributed by atoms with Crippen LogP contribution in [0.5, 0.6) is 5.75 Å². The molecule has 0 aliphatic carbocycles. The maximum atomic E-state index is 6.72. The molecule has 0 atom stereocenters. The molecule has 5 rings (SSSR count). The quantitative estimate of drug-likeness (QED) is 0.269. The van der Waals surface area contributed by atoms with Gasteiger partial charge in [0.15, 0.2) is 0 Å². The number of anilines is 1. The summed E-state index contributed by atoms with van der Waals surface area (Å²) in [5.74, 6) is 2.75. The summed E-state index contributed by atoms with van der Waals surface area (Å²) >= 11 is 8.39. The number of fused-ring (bicyclic) bond motifs is 2. The second-order valence-corrected chi connectivity index (χ2v) is 11.5. The summed E-state index contributed by atoms with van der Waals surface area (Å²) in [6.07, 6.45) is 2.87. The number of halogens is 1. The molecule has 194 valence electrons. The van der Waals surface area contributed by atoms with Gasteiger partial charge in [0.25, 0.3) is 0 Å². The SMILES string of the molecule is CCc1nc2cc(-c3cc(C)c4c(c3)CN(c3nc(CN(C)C)nc(Cl)c3C(C)C)CCO4)cnc2s1. The minimum atomic E-state index is 0.191. The number of thiazole rings is 1. The summed E-state index contributed by atoms with van der Waals surface area (Å²) in [6.45, 7) is 11.1. The van der Waals surface area contributed by atoms with E-state index in [0.29, 0.717) is 31.4 Å². The van der Waals surface area contributed by atoms with E-state index in [1.54, 1.807) is 11.3 Å². The molecule has 0 bridgehead atoms. The molecule has 3 aromatic heterocycles. The molecule has 4 heterocycles. The lowest BCUT2D eigenvalue weighted by Gasteiger charge is -2.26. The van der Waals surface area contributed by atoms with E-state index >= 15 is 0 Å². The molecule has 4 aromatic rings. The van der Waals surface area contributed by atoms with Crippen LogP contribution in [0.1, 0.15) is 54.2 Å². The molecule has 9 heteroatoms. The van der Waals surface area contributed by atoms with E-state index in [2.05, 4.69) is 60.7 Å². The average molecular weight is 537 g/mol. The third-order valence-corrected chi connectivity index (χ3v) is 7.92. The largest absolute Gasteiger partial charge is 0.491 e. The molecule has 1 aliphatic heterocycles. The molecule has 0 fully saturated rings. The van der Waals surface area contributed by atoms with Gasteiger partial charge in [0.05, 0.1) is 18.1 Å². The molecule has 7 nitrogen and oxygen atoms in total. The summed E-state index contributed by atoms with van der Waals surface area (Å²) in [5.41, 5.74) is 6.34. The standard InChI is InChI=1S/C28H33ClN6OS/c1-7-23-31-21-12-19(13-30-28(21)37-23)18-10-17(4)25-20(11-18)14-35(8-9-36-25)27-24(16(2)3)26(29)32-22(33-27)15-34(5)6/h10-13,16H,7-9,14-15H2,1-6H3. The molecule has 1 aliphatic rings. The molecule has 0 spiro atoms. The zero-order valence-electron chi connectivity index (χ0n) is 22.3. The lowest BCUT2D eigenvalue weighted by atomic mass is 9.99. The van der Waals surface area contributed by atoms with Crippen LogP contribution < -0.4 is 9.64 Å². The van der Waals surface area contributed by atoms with Gasteiger partial charge in [-0.25, -0.2) is 19.9 Å². The zero-order chi connectivity index (χ0) is 26.3.